The number of aliphatic carboxylic acids is 1. The van der Waals surface area contributed by atoms with Crippen molar-refractivity contribution in [3.05, 3.63) is 0 Å². The summed E-state index contributed by atoms with van der Waals surface area (Å²) in [6, 6.07) is -1.59. The van der Waals surface area contributed by atoms with E-state index in [2.05, 4.69) is 10.6 Å². The molecule has 0 saturated heterocycles. The molecule has 0 heterocycles. The number of carboxylic acids is 1. The number of carboxylic acid groups (broad SMARTS) is 1. The van der Waals surface area contributed by atoms with E-state index >= 15 is 0 Å². The number of urea groups is 1. The van der Waals surface area contributed by atoms with E-state index in [9.17, 15) is 14.4 Å². The fourth-order valence-electron chi connectivity index (χ4n) is 2.32. The molecule has 1 saturated carbocycles. The van der Waals surface area contributed by atoms with Gasteiger partial charge in [-0.05, 0) is 25.2 Å². The zero-order chi connectivity index (χ0) is 14.6. The molecule has 108 valence electrons. The van der Waals surface area contributed by atoms with E-state index in [1.807, 2.05) is 0 Å². The van der Waals surface area contributed by atoms with Crippen LogP contribution < -0.4 is 16.4 Å². The Hall–Kier alpha value is -1.79. The smallest absolute Gasteiger partial charge is 0.312 e. The molecule has 0 bridgehead atoms. The monoisotopic (exact) mass is 271 g/mol. The summed E-state index contributed by atoms with van der Waals surface area (Å²) in [6.07, 6.45) is 1.64. The van der Waals surface area contributed by atoms with Crippen molar-refractivity contribution in [1.29, 1.82) is 0 Å². The molecule has 0 aromatic carbocycles. The first kappa shape index (κ1) is 15.3. The third-order valence-electron chi connectivity index (χ3n) is 3.38. The summed E-state index contributed by atoms with van der Waals surface area (Å²) < 4.78 is 0. The molecule has 0 radical (unpaired) electrons. The van der Waals surface area contributed by atoms with E-state index in [1.165, 1.54) is 0 Å². The van der Waals surface area contributed by atoms with E-state index in [-0.39, 0.29) is 17.9 Å². The lowest BCUT2D eigenvalue weighted by Gasteiger charge is -2.23. The zero-order valence-electron chi connectivity index (χ0n) is 11.2. The molecule has 19 heavy (non-hydrogen) atoms. The summed E-state index contributed by atoms with van der Waals surface area (Å²) in [4.78, 5) is 33.7. The van der Waals surface area contributed by atoms with Crippen LogP contribution in [0.1, 0.15) is 33.1 Å². The normalized spacial score (nSPS) is 23.9. The molecule has 7 heteroatoms. The van der Waals surface area contributed by atoms with Gasteiger partial charge in [0.15, 0.2) is 0 Å². The quantitative estimate of drug-likeness (QED) is 0.564. The van der Waals surface area contributed by atoms with Crippen LogP contribution in [0, 0.1) is 11.8 Å². The highest BCUT2D eigenvalue weighted by molar-refractivity contribution is 5.87. The first-order valence-electron chi connectivity index (χ1n) is 6.40. The fourth-order valence-corrected chi connectivity index (χ4v) is 2.32. The predicted octanol–water partition coefficient (Wildman–Crippen LogP) is 0.0488. The summed E-state index contributed by atoms with van der Waals surface area (Å²) in [5.74, 6) is -1.63. The zero-order valence-corrected chi connectivity index (χ0v) is 11.2. The Morgan fingerprint density at radius 1 is 1.26 bits per heavy atom. The number of amides is 3. The van der Waals surface area contributed by atoms with E-state index in [4.69, 9.17) is 10.8 Å². The Morgan fingerprint density at radius 2 is 1.89 bits per heavy atom. The molecule has 0 aliphatic heterocycles. The molecule has 1 aliphatic carbocycles. The van der Waals surface area contributed by atoms with Crippen LogP contribution in [-0.2, 0) is 9.59 Å². The number of primary amides is 1. The van der Waals surface area contributed by atoms with Crippen molar-refractivity contribution in [3.8, 4) is 0 Å². The van der Waals surface area contributed by atoms with Gasteiger partial charge in [-0.15, -0.1) is 0 Å². The molecule has 3 unspecified atom stereocenters. The number of hydrogen-bond donors (Lipinski definition) is 4. The standard InChI is InChI=1S/C12H21N3O4/c1-6(2)9(15-12(13)19)10(16)14-8-4-3-7(5-8)11(17)18/h6-9H,3-5H2,1-2H3,(H,14,16)(H,17,18)(H3,13,15,19). The van der Waals surface area contributed by atoms with Gasteiger partial charge in [0.1, 0.15) is 6.04 Å². The van der Waals surface area contributed by atoms with E-state index in [0.717, 1.165) is 0 Å². The summed E-state index contributed by atoms with van der Waals surface area (Å²) in [5, 5.41) is 14.1. The lowest BCUT2D eigenvalue weighted by atomic mass is 10.0. The predicted molar refractivity (Wildman–Crippen MR) is 68.3 cm³/mol. The van der Waals surface area contributed by atoms with Crippen LogP contribution in [0.2, 0.25) is 0 Å². The number of carbonyl (C=O) groups is 3. The lowest BCUT2D eigenvalue weighted by Crippen LogP contribution is -2.53. The molecule has 7 nitrogen and oxygen atoms in total. The maximum atomic E-state index is 12.0. The van der Waals surface area contributed by atoms with Crippen molar-refractivity contribution < 1.29 is 19.5 Å². The van der Waals surface area contributed by atoms with Gasteiger partial charge in [0.25, 0.3) is 0 Å². The Balaban J connectivity index is 2.53. The summed E-state index contributed by atoms with van der Waals surface area (Å²) in [7, 11) is 0. The molecular weight excluding hydrogens is 250 g/mol. The second-order valence-electron chi connectivity index (χ2n) is 5.28. The van der Waals surface area contributed by atoms with Crippen molar-refractivity contribution in [2.24, 2.45) is 17.6 Å². The van der Waals surface area contributed by atoms with Crippen molar-refractivity contribution in [2.75, 3.05) is 0 Å². The molecule has 0 aromatic rings. The third-order valence-corrected chi connectivity index (χ3v) is 3.38. The Bertz CT molecular complexity index is 370. The van der Waals surface area contributed by atoms with Gasteiger partial charge < -0.3 is 21.5 Å². The van der Waals surface area contributed by atoms with Crippen molar-refractivity contribution >= 4 is 17.9 Å². The Morgan fingerprint density at radius 3 is 2.32 bits per heavy atom. The molecule has 1 fully saturated rings. The molecule has 1 aliphatic rings. The van der Waals surface area contributed by atoms with Gasteiger partial charge in [-0.2, -0.15) is 0 Å². The van der Waals surface area contributed by atoms with Gasteiger partial charge in [0.05, 0.1) is 5.92 Å². The Kier molecular flexibility index (Phi) is 5.14. The van der Waals surface area contributed by atoms with E-state index in [1.54, 1.807) is 13.8 Å². The fraction of sp³-hybridized carbons (Fsp3) is 0.750. The average Bonchev–Trinajstić information content (AvgIpc) is 2.73. The van der Waals surface area contributed by atoms with Gasteiger partial charge in [0.2, 0.25) is 5.91 Å². The number of rotatable bonds is 5. The SMILES string of the molecule is CC(C)C(NC(N)=O)C(=O)NC1CCC(C(=O)O)C1. The highest BCUT2D eigenvalue weighted by Crippen LogP contribution is 2.25. The average molecular weight is 271 g/mol. The maximum absolute atomic E-state index is 12.0. The van der Waals surface area contributed by atoms with Crippen molar-refractivity contribution in [3.63, 3.8) is 0 Å². The largest absolute Gasteiger partial charge is 0.481 e. The third kappa shape index (κ3) is 4.42. The van der Waals surface area contributed by atoms with E-state index < -0.39 is 24.0 Å². The maximum Gasteiger partial charge on any atom is 0.312 e. The first-order valence-corrected chi connectivity index (χ1v) is 6.40. The molecule has 3 amide bonds. The molecular formula is C12H21N3O4. The van der Waals surface area contributed by atoms with Crippen molar-refractivity contribution in [2.45, 2.75) is 45.2 Å². The van der Waals surface area contributed by atoms with Gasteiger partial charge in [-0.1, -0.05) is 13.8 Å². The second-order valence-corrected chi connectivity index (χ2v) is 5.28. The van der Waals surface area contributed by atoms with Gasteiger partial charge in [-0.25, -0.2) is 4.79 Å². The van der Waals surface area contributed by atoms with Gasteiger partial charge in [0, 0.05) is 6.04 Å². The van der Waals surface area contributed by atoms with Crippen LogP contribution in [0.4, 0.5) is 4.79 Å². The van der Waals surface area contributed by atoms with Crippen LogP contribution >= 0.6 is 0 Å². The van der Waals surface area contributed by atoms with Gasteiger partial charge in [-0.3, -0.25) is 9.59 Å². The van der Waals surface area contributed by atoms with Gasteiger partial charge >= 0.3 is 12.0 Å². The minimum Gasteiger partial charge on any atom is -0.481 e. The minimum absolute atomic E-state index is 0.0934. The second kappa shape index (κ2) is 6.40. The number of nitrogens with one attached hydrogen (secondary N) is 2. The molecule has 5 N–H and O–H groups in total. The van der Waals surface area contributed by atoms with Crippen LogP contribution in [-0.4, -0.2) is 35.1 Å². The molecule has 3 atom stereocenters. The highest BCUT2D eigenvalue weighted by Gasteiger charge is 2.32. The van der Waals surface area contributed by atoms with E-state index in [0.29, 0.717) is 19.3 Å². The molecule has 0 spiro atoms. The minimum atomic E-state index is -0.826. The van der Waals surface area contributed by atoms with Crippen LogP contribution in [0.5, 0.6) is 0 Å². The van der Waals surface area contributed by atoms with Crippen LogP contribution in [0.3, 0.4) is 0 Å². The molecule has 0 aromatic heterocycles. The summed E-state index contributed by atoms with van der Waals surface area (Å²) in [5.41, 5.74) is 5.03. The number of hydrogen-bond acceptors (Lipinski definition) is 3. The van der Waals surface area contributed by atoms with Crippen LogP contribution in [0.15, 0.2) is 0 Å². The first-order chi connectivity index (χ1) is 8.81. The number of carbonyl (C=O) groups excluding carboxylic acids is 2. The Labute approximate surface area is 111 Å². The molecule has 1 rings (SSSR count). The lowest BCUT2D eigenvalue weighted by molar-refractivity contribution is -0.141. The number of nitrogens with two attached hydrogens (primary N) is 1. The topological polar surface area (TPSA) is 122 Å². The summed E-state index contributed by atoms with van der Waals surface area (Å²) in [6.45, 7) is 3.60. The van der Waals surface area contributed by atoms with Crippen LogP contribution in [0.25, 0.3) is 0 Å². The summed E-state index contributed by atoms with van der Waals surface area (Å²) >= 11 is 0. The van der Waals surface area contributed by atoms with Crippen molar-refractivity contribution in [1.82, 2.24) is 10.6 Å². The highest BCUT2D eigenvalue weighted by atomic mass is 16.4.